The normalized spacial score (nSPS) is 14.8. The number of halogens is 1. The summed E-state index contributed by atoms with van der Waals surface area (Å²) in [5.74, 6) is 0.783. The summed E-state index contributed by atoms with van der Waals surface area (Å²) in [5.41, 5.74) is 8.32. The van der Waals surface area contributed by atoms with Crippen molar-refractivity contribution in [3.8, 4) is 5.75 Å². The van der Waals surface area contributed by atoms with Gasteiger partial charge in [0, 0.05) is 48.2 Å². The van der Waals surface area contributed by atoms with Gasteiger partial charge in [-0.3, -0.25) is 4.79 Å². The smallest absolute Gasteiger partial charge is 0.274 e. The third kappa shape index (κ3) is 8.29. The van der Waals surface area contributed by atoms with Crippen LogP contribution >= 0.6 is 11.6 Å². The largest absolute Gasteiger partial charge is 0.496 e. The third-order valence-electron chi connectivity index (χ3n) is 8.49. The van der Waals surface area contributed by atoms with E-state index in [2.05, 4.69) is 50.4 Å². The minimum atomic E-state index is -0.0270. The van der Waals surface area contributed by atoms with E-state index in [0.717, 1.165) is 72.1 Å². The van der Waals surface area contributed by atoms with Gasteiger partial charge in [0.1, 0.15) is 5.75 Å². The molecule has 2 fully saturated rings. The van der Waals surface area contributed by atoms with Crippen molar-refractivity contribution in [2.75, 3.05) is 33.3 Å². The molecule has 1 saturated carbocycles. The second-order valence-corrected chi connectivity index (χ2v) is 12.2. The minimum absolute atomic E-state index is 0.0270. The predicted octanol–water partition coefficient (Wildman–Crippen LogP) is 9.04. The van der Waals surface area contributed by atoms with Crippen LogP contribution in [0.1, 0.15) is 92.2 Å². The second-order valence-electron chi connectivity index (χ2n) is 11.8. The second kappa shape index (κ2) is 16.5. The first kappa shape index (κ1) is 34.1. The molecule has 1 amide bonds. The molecule has 0 radical (unpaired) electrons. The third-order valence-corrected chi connectivity index (χ3v) is 8.72. The lowest BCUT2D eigenvalue weighted by Gasteiger charge is -2.39. The van der Waals surface area contributed by atoms with E-state index in [0.29, 0.717) is 18.8 Å². The molecule has 1 aromatic heterocycles. The maximum Gasteiger partial charge on any atom is 0.274 e. The van der Waals surface area contributed by atoms with Gasteiger partial charge in [0.25, 0.3) is 5.91 Å². The number of allylic oxidation sites excluding steroid dienone is 3. The number of benzene rings is 2. The summed E-state index contributed by atoms with van der Waals surface area (Å²) in [6.45, 7) is 15.3. The molecule has 1 saturated heterocycles. The van der Waals surface area contributed by atoms with E-state index in [1.807, 2.05) is 52.9 Å². The molecule has 0 N–H and O–H groups in total. The zero-order valence-electron chi connectivity index (χ0n) is 27.7. The van der Waals surface area contributed by atoms with Crippen LogP contribution in [0.25, 0.3) is 11.4 Å². The lowest BCUT2D eigenvalue weighted by molar-refractivity contribution is 0.0679. The van der Waals surface area contributed by atoms with Gasteiger partial charge in [-0.25, -0.2) is 4.68 Å². The number of methoxy groups -OCH3 is 1. The standard InChI is InChI=1S/C34H39ClN4O2.C4H10/c1-5-9-29-23-30(36-39(29)31(10-6-2)26-16-15-24(3)32(22-26)41-4)34(40)38-19-17-37(18-20-38)33(25-11-7-12-25)27-13-8-14-28(35)21-27;1-3-4-2/h6,8,10,13-16,21-23H,2,5,7,9,11-12,17-20H2,1,3-4H3;3-4H2,1-2H3/b31-10-;. The van der Waals surface area contributed by atoms with Crippen molar-refractivity contribution in [1.82, 2.24) is 19.6 Å². The topological polar surface area (TPSA) is 50.6 Å². The Labute approximate surface area is 275 Å². The van der Waals surface area contributed by atoms with Gasteiger partial charge in [-0.05, 0) is 79.6 Å². The number of ether oxygens (including phenoxy) is 1. The molecule has 6 nitrogen and oxygen atoms in total. The van der Waals surface area contributed by atoms with Gasteiger partial charge in [-0.2, -0.15) is 5.10 Å². The maximum absolute atomic E-state index is 13.8. The molecule has 240 valence electrons. The van der Waals surface area contributed by atoms with Crippen molar-refractivity contribution < 1.29 is 9.53 Å². The number of carbonyl (C=O) groups excluding carboxylic acids is 1. The fourth-order valence-corrected chi connectivity index (χ4v) is 5.87. The van der Waals surface area contributed by atoms with Crippen LogP contribution < -0.4 is 4.74 Å². The summed E-state index contributed by atoms with van der Waals surface area (Å²) in [4.78, 5) is 18.1. The maximum atomic E-state index is 13.8. The van der Waals surface area contributed by atoms with Crippen LogP contribution in [0.2, 0.25) is 5.02 Å². The van der Waals surface area contributed by atoms with E-state index < -0.39 is 0 Å². The highest BCUT2D eigenvalue weighted by atomic mass is 35.5. The lowest BCUT2D eigenvalue weighted by atomic mass is 9.87. The number of piperazine rings is 1. The van der Waals surface area contributed by atoms with Crippen LogP contribution in [0.3, 0.4) is 0 Å². The van der Waals surface area contributed by atoms with Gasteiger partial charge >= 0.3 is 0 Å². The van der Waals surface area contributed by atoms with Crippen molar-refractivity contribution in [3.63, 3.8) is 0 Å². The molecular formula is C38H49ClN4O2. The van der Waals surface area contributed by atoms with Crippen LogP contribution in [-0.2, 0) is 6.42 Å². The molecule has 0 unspecified atom stereocenters. The molecule has 5 rings (SSSR count). The fraction of sp³-hybridized carbons (Fsp3) is 0.421. The Kier molecular flexibility index (Phi) is 12.5. The van der Waals surface area contributed by atoms with Gasteiger partial charge in [0.05, 0.1) is 12.8 Å². The molecule has 0 bridgehead atoms. The number of carbonyl (C=O) groups is 1. The summed E-state index contributed by atoms with van der Waals surface area (Å²) in [6.07, 6.45) is 11.6. The molecular weight excluding hydrogens is 580 g/mol. The monoisotopic (exact) mass is 628 g/mol. The SMILES string of the molecule is C=C/C=C(/c1ccc(C)c(OC)c1)n1nc(C(=O)N2CCN(C(=C3CCC3)c3cccc(Cl)c3)CC2)cc1CCC.CCCC. The van der Waals surface area contributed by atoms with Gasteiger partial charge in [-0.1, -0.05) is 88.6 Å². The number of aryl methyl sites for hydroxylation is 2. The summed E-state index contributed by atoms with van der Waals surface area (Å²) < 4.78 is 7.48. The first-order valence-electron chi connectivity index (χ1n) is 16.4. The molecule has 0 spiro atoms. The van der Waals surface area contributed by atoms with Crippen LogP contribution in [0.15, 0.2) is 72.8 Å². The average Bonchev–Trinajstić information content (AvgIpc) is 3.45. The number of hydrogen-bond donors (Lipinski definition) is 0. The highest BCUT2D eigenvalue weighted by Crippen LogP contribution is 2.37. The molecule has 7 heteroatoms. The molecule has 0 atom stereocenters. The van der Waals surface area contributed by atoms with Crippen LogP contribution in [0, 0.1) is 6.92 Å². The van der Waals surface area contributed by atoms with E-state index >= 15 is 0 Å². The van der Waals surface area contributed by atoms with Gasteiger partial charge in [0.15, 0.2) is 5.69 Å². The van der Waals surface area contributed by atoms with Crippen molar-refractivity contribution in [2.24, 2.45) is 0 Å². The van der Waals surface area contributed by atoms with Gasteiger partial charge < -0.3 is 14.5 Å². The zero-order chi connectivity index (χ0) is 32.3. The summed E-state index contributed by atoms with van der Waals surface area (Å²) >= 11 is 6.35. The number of rotatable bonds is 10. The Morgan fingerprint density at radius 1 is 0.956 bits per heavy atom. The van der Waals surface area contributed by atoms with Crippen molar-refractivity contribution in [3.05, 3.63) is 106 Å². The molecule has 1 aliphatic carbocycles. The molecule has 1 aliphatic heterocycles. The van der Waals surface area contributed by atoms with Crippen LogP contribution in [-0.4, -0.2) is 58.8 Å². The first-order valence-corrected chi connectivity index (χ1v) is 16.8. The number of amides is 1. The Balaban J connectivity index is 0.00000109. The quantitative estimate of drug-likeness (QED) is 0.210. The highest BCUT2D eigenvalue weighted by Gasteiger charge is 2.29. The molecule has 45 heavy (non-hydrogen) atoms. The first-order chi connectivity index (χ1) is 21.8. The van der Waals surface area contributed by atoms with Crippen molar-refractivity contribution >= 4 is 28.9 Å². The van der Waals surface area contributed by atoms with Gasteiger partial charge in [-0.15, -0.1) is 0 Å². The number of aromatic nitrogens is 2. The zero-order valence-corrected chi connectivity index (χ0v) is 28.5. The Morgan fingerprint density at radius 2 is 1.67 bits per heavy atom. The average molecular weight is 629 g/mol. The van der Waals surface area contributed by atoms with Crippen molar-refractivity contribution in [1.29, 1.82) is 0 Å². The van der Waals surface area contributed by atoms with E-state index in [9.17, 15) is 4.79 Å². The molecule has 2 heterocycles. The highest BCUT2D eigenvalue weighted by molar-refractivity contribution is 6.30. The van der Waals surface area contributed by atoms with E-state index in [1.165, 1.54) is 36.1 Å². The fourth-order valence-electron chi connectivity index (χ4n) is 5.68. The van der Waals surface area contributed by atoms with E-state index in [1.54, 1.807) is 13.2 Å². The molecule has 2 aromatic carbocycles. The predicted molar refractivity (Wildman–Crippen MR) is 188 cm³/mol. The Hall–Kier alpha value is -3.77. The summed E-state index contributed by atoms with van der Waals surface area (Å²) in [5, 5.41) is 5.62. The van der Waals surface area contributed by atoms with Crippen LogP contribution in [0.5, 0.6) is 5.75 Å². The van der Waals surface area contributed by atoms with Crippen LogP contribution in [0.4, 0.5) is 0 Å². The Morgan fingerprint density at radius 3 is 2.24 bits per heavy atom. The molecule has 2 aliphatic rings. The van der Waals surface area contributed by atoms with E-state index in [4.69, 9.17) is 21.4 Å². The Bertz CT molecular complexity index is 1520. The summed E-state index contributed by atoms with van der Waals surface area (Å²) in [6, 6.07) is 16.2. The lowest BCUT2D eigenvalue weighted by Crippen LogP contribution is -2.48. The van der Waals surface area contributed by atoms with E-state index in [-0.39, 0.29) is 5.91 Å². The number of unbranched alkanes of at least 4 members (excludes halogenated alkanes) is 1. The molecule has 3 aromatic rings. The minimum Gasteiger partial charge on any atom is -0.496 e. The number of nitrogens with zero attached hydrogens (tertiary/aromatic N) is 4. The summed E-state index contributed by atoms with van der Waals surface area (Å²) in [7, 11) is 1.68. The number of hydrogen-bond acceptors (Lipinski definition) is 4. The van der Waals surface area contributed by atoms with Gasteiger partial charge in [0.2, 0.25) is 0 Å². The van der Waals surface area contributed by atoms with Crippen molar-refractivity contribution in [2.45, 2.75) is 72.6 Å².